The topological polar surface area (TPSA) is 78.9 Å². The first-order chi connectivity index (χ1) is 7.92. The maximum absolute atomic E-state index is 11.7. The van der Waals surface area contributed by atoms with Crippen LogP contribution in [0.4, 0.5) is 4.79 Å². The summed E-state index contributed by atoms with van der Waals surface area (Å²) in [6.45, 7) is 1.90. The minimum absolute atomic E-state index is 0.247. The van der Waals surface area contributed by atoms with Gasteiger partial charge >= 0.3 is 12.0 Å². The number of amides is 2. The number of methoxy groups -OCH3 is 1. The molecule has 17 heavy (non-hydrogen) atoms. The van der Waals surface area contributed by atoms with Crippen molar-refractivity contribution < 1.29 is 19.4 Å². The summed E-state index contributed by atoms with van der Waals surface area (Å²) < 4.78 is 5.36. The van der Waals surface area contributed by atoms with Gasteiger partial charge in [0.1, 0.15) is 6.04 Å². The van der Waals surface area contributed by atoms with Crippen molar-refractivity contribution >= 4 is 12.0 Å². The number of carbonyl (C=O) groups is 2. The van der Waals surface area contributed by atoms with Crippen LogP contribution in [0.3, 0.4) is 0 Å². The second-order valence-corrected chi connectivity index (χ2v) is 4.52. The Morgan fingerprint density at radius 3 is 2.47 bits per heavy atom. The number of likely N-dealkylation sites (N-methyl/N-ethyl adjacent to an activating group) is 1. The lowest BCUT2D eigenvalue weighted by atomic mass is 9.80. The normalized spacial score (nSPS) is 19.0. The highest BCUT2D eigenvalue weighted by Crippen LogP contribution is 2.34. The zero-order chi connectivity index (χ0) is 13.1. The van der Waals surface area contributed by atoms with E-state index in [0.717, 1.165) is 19.3 Å². The minimum Gasteiger partial charge on any atom is -0.480 e. The molecule has 0 radical (unpaired) electrons. The van der Waals surface area contributed by atoms with Crippen LogP contribution >= 0.6 is 0 Å². The molecule has 0 aliphatic heterocycles. The average molecular weight is 244 g/mol. The Hall–Kier alpha value is -1.30. The quantitative estimate of drug-likeness (QED) is 0.745. The van der Waals surface area contributed by atoms with Crippen LogP contribution in [-0.2, 0) is 9.53 Å². The number of rotatable bonds is 5. The van der Waals surface area contributed by atoms with Crippen LogP contribution < -0.4 is 5.32 Å². The summed E-state index contributed by atoms with van der Waals surface area (Å²) in [5, 5.41) is 11.5. The van der Waals surface area contributed by atoms with Gasteiger partial charge in [-0.1, -0.05) is 0 Å². The van der Waals surface area contributed by atoms with E-state index in [1.807, 2.05) is 0 Å². The summed E-state index contributed by atoms with van der Waals surface area (Å²) in [5.41, 5.74) is -0.247. The third kappa shape index (κ3) is 3.09. The maximum Gasteiger partial charge on any atom is 0.326 e. The molecule has 98 valence electrons. The Balaban J connectivity index is 2.41. The van der Waals surface area contributed by atoms with Crippen molar-refractivity contribution in [3.8, 4) is 0 Å². The number of urea groups is 1. The highest BCUT2D eigenvalue weighted by molar-refractivity contribution is 5.82. The molecule has 0 aromatic carbocycles. The SMILES string of the molecule is COC1(CNC(=O)N(C)C(C)C(=O)O)CCC1. The first-order valence-electron chi connectivity index (χ1n) is 5.70. The van der Waals surface area contributed by atoms with E-state index in [-0.39, 0.29) is 11.6 Å². The molecule has 6 nitrogen and oxygen atoms in total. The maximum atomic E-state index is 11.7. The molecule has 1 aliphatic rings. The molecule has 0 aromatic heterocycles. The lowest BCUT2D eigenvalue weighted by molar-refractivity contribution is -0.141. The fourth-order valence-corrected chi connectivity index (χ4v) is 1.73. The molecule has 1 rings (SSSR count). The molecule has 2 amide bonds. The molecular formula is C11H20N2O4. The predicted molar refractivity (Wildman–Crippen MR) is 61.9 cm³/mol. The Morgan fingerprint density at radius 2 is 2.12 bits per heavy atom. The number of hydrogen-bond acceptors (Lipinski definition) is 3. The fraction of sp³-hybridized carbons (Fsp3) is 0.818. The Morgan fingerprint density at radius 1 is 1.53 bits per heavy atom. The van der Waals surface area contributed by atoms with Gasteiger partial charge in [-0.15, -0.1) is 0 Å². The van der Waals surface area contributed by atoms with Crippen molar-refractivity contribution in [2.45, 2.75) is 37.8 Å². The van der Waals surface area contributed by atoms with Gasteiger partial charge in [0.05, 0.1) is 5.60 Å². The first kappa shape index (κ1) is 13.8. The number of carboxylic acids is 1. The molecule has 1 fully saturated rings. The van der Waals surface area contributed by atoms with Gasteiger partial charge in [0.15, 0.2) is 0 Å². The molecule has 1 aliphatic carbocycles. The summed E-state index contributed by atoms with van der Waals surface area (Å²) in [4.78, 5) is 23.6. The zero-order valence-electron chi connectivity index (χ0n) is 10.5. The predicted octanol–water partition coefficient (Wildman–Crippen LogP) is 0.670. The van der Waals surface area contributed by atoms with Crippen LogP contribution in [0.25, 0.3) is 0 Å². The number of nitrogens with one attached hydrogen (secondary N) is 1. The van der Waals surface area contributed by atoms with Gasteiger partial charge in [-0.3, -0.25) is 0 Å². The molecule has 2 N–H and O–H groups in total. The summed E-state index contributed by atoms with van der Waals surface area (Å²) in [7, 11) is 3.10. The van der Waals surface area contributed by atoms with E-state index in [0.29, 0.717) is 6.54 Å². The summed E-state index contributed by atoms with van der Waals surface area (Å²) in [5.74, 6) is -1.02. The number of carbonyl (C=O) groups excluding carboxylic acids is 1. The standard InChI is InChI=1S/C11H20N2O4/c1-8(9(14)15)13(2)10(16)12-7-11(17-3)5-4-6-11/h8H,4-7H2,1-3H3,(H,12,16)(H,14,15). The van der Waals surface area contributed by atoms with Gasteiger partial charge in [-0.05, 0) is 26.2 Å². The number of hydrogen-bond donors (Lipinski definition) is 2. The van der Waals surface area contributed by atoms with E-state index in [9.17, 15) is 9.59 Å². The van der Waals surface area contributed by atoms with Crippen LogP contribution in [-0.4, -0.2) is 54.4 Å². The monoisotopic (exact) mass is 244 g/mol. The average Bonchev–Trinajstić information content (AvgIpc) is 2.25. The summed E-state index contributed by atoms with van der Waals surface area (Å²) >= 11 is 0. The van der Waals surface area contributed by atoms with E-state index in [4.69, 9.17) is 9.84 Å². The van der Waals surface area contributed by atoms with Gasteiger partial charge in [-0.25, -0.2) is 9.59 Å². The third-order valence-electron chi connectivity index (χ3n) is 3.52. The lowest BCUT2D eigenvalue weighted by Crippen LogP contribution is -2.53. The van der Waals surface area contributed by atoms with Gasteiger partial charge in [0.2, 0.25) is 0 Å². The summed E-state index contributed by atoms with van der Waals surface area (Å²) in [6.07, 6.45) is 2.97. The number of aliphatic carboxylic acids is 1. The Labute approximate surface area is 101 Å². The molecule has 0 saturated heterocycles. The largest absolute Gasteiger partial charge is 0.480 e. The van der Waals surface area contributed by atoms with E-state index in [1.54, 1.807) is 7.11 Å². The number of carboxylic acid groups (broad SMARTS) is 1. The molecular weight excluding hydrogens is 224 g/mol. The smallest absolute Gasteiger partial charge is 0.326 e. The van der Waals surface area contributed by atoms with Gasteiger partial charge in [0, 0.05) is 20.7 Å². The zero-order valence-corrected chi connectivity index (χ0v) is 10.5. The Kier molecular flexibility index (Phi) is 4.34. The minimum atomic E-state index is -1.02. The highest BCUT2D eigenvalue weighted by atomic mass is 16.5. The number of ether oxygens (including phenoxy) is 1. The van der Waals surface area contributed by atoms with Crippen LogP contribution in [0.1, 0.15) is 26.2 Å². The molecule has 0 heterocycles. The molecule has 0 spiro atoms. The second-order valence-electron chi connectivity index (χ2n) is 4.52. The molecule has 1 saturated carbocycles. The Bertz CT molecular complexity index is 296. The lowest BCUT2D eigenvalue weighted by Gasteiger charge is -2.40. The van der Waals surface area contributed by atoms with Crippen molar-refractivity contribution in [2.24, 2.45) is 0 Å². The van der Waals surface area contributed by atoms with E-state index in [1.165, 1.54) is 18.9 Å². The van der Waals surface area contributed by atoms with E-state index >= 15 is 0 Å². The van der Waals surface area contributed by atoms with Gasteiger partial charge < -0.3 is 20.1 Å². The van der Waals surface area contributed by atoms with Crippen molar-refractivity contribution in [3.63, 3.8) is 0 Å². The van der Waals surface area contributed by atoms with Crippen LogP contribution in [0.15, 0.2) is 0 Å². The molecule has 0 bridgehead atoms. The number of nitrogens with zero attached hydrogens (tertiary/aromatic N) is 1. The summed E-state index contributed by atoms with van der Waals surface area (Å²) in [6, 6.07) is -1.22. The highest BCUT2D eigenvalue weighted by Gasteiger charge is 2.37. The van der Waals surface area contributed by atoms with Crippen molar-refractivity contribution in [3.05, 3.63) is 0 Å². The van der Waals surface area contributed by atoms with E-state index in [2.05, 4.69) is 5.32 Å². The second kappa shape index (κ2) is 5.35. The van der Waals surface area contributed by atoms with Crippen LogP contribution in [0, 0.1) is 0 Å². The fourth-order valence-electron chi connectivity index (χ4n) is 1.73. The van der Waals surface area contributed by atoms with Crippen molar-refractivity contribution in [1.82, 2.24) is 10.2 Å². The van der Waals surface area contributed by atoms with Crippen LogP contribution in [0.2, 0.25) is 0 Å². The molecule has 6 heteroatoms. The van der Waals surface area contributed by atoms with Gasteiger partial charge in [-0.2, -0.15) is 0 Å². The molecule has 0 aromatic rings. The molecule has 1 atom stereocenters. The third-order valence-corrected chi connectivity index (χ3v) is 3.52. The molecule has 1 unspecified atom stereocenters. The van der Waals surface area contributed by atoms with E-state index < -0.39 is 12.0 Å². The first-order valence-corrected chi connectivity index (χ1v) is 5.70. The van der Waals surface area contributed by atoms with Crippen LogP contribution in [0.5, 0.6) is 0 Å². The van der Waals surface area contributed by atoms with Crippen molar-refractivity contribution in [2.75, 3.05) is 20.7 Å². The van der Waals surface area contributed by atoms with Crippen molar-refractivity contribution in [1.29, 1.82) is 0 Å². The van der Waals surface area contributed by atoms with Gasteiger partial charge in [0.25, 0.3) is 0 Å².